The summed E-state index contributed by atoms with van der Waals surface area (Å²) in [6.07, 6.45) is 3.24. The van der Waals surface area contributed by atoms with Crippen molar-refractivity contribution in [3.8, 4) is 0 Å². The van der Waals surface area contributed by atoms with E-state index in [1.54, 1.807) is 11.3 Å². The zero-order chi connectivity index (χ0) is 12.5. The number of carboxylic acids is 1. The number of rotatable bonds is 4. The predicted molar refractivity (Wildman–Crippen MR) is 72.2 cm³/mol. The summed E-state index contributed by atoms with van der Waals surface area (Å²) >= 11 is 1.66. The van der Waals surface area contributed by atoms with E-state index >= 15 is 0 Å². The van der Waals surface area contributed by atoms with Crippen LogP contribution in [0.1, 0.15) is 19.3 Å². The van der Waals surface area contributed by atoms with Crippen molar-refractivity contribution in [1.82, 2.24) is 5.32 Å². The normalized spacial score (nSPS) is 28.3. The Morgan fingerprint density at radius 3 is 2.83 bits per heavy atom. The van der Waals surface area contributed by atoms with Gasteiger partial charge < -0.3 is 15.3 Å². The standard InChI is InChI=1S/C13H18N2O2S/c16-13(17)9-5-11(14-10-1-2-10)7-15(6-9)12-3-4-18-8-12/h3-4,8-11,14H,1-2,5-7H2,(H,16,17). The van der Waals surface area contributed by atoms with Crippen LogP contribution in [0.4, 0.5) is 5.69 Å². The molecule has 2 unspecified atom stereocenters. The summed E-state index contributed by atoms with van der Waals surface area (Å²) in [6.45, 7) is 1.56. The van der Waals surface area contributed by atoms with E-state index in [1.807, 2.05) is 5.38 Å². The van der Waals surface area contributed by atoms with Crippen molar-refractivity contribution >= 4 is 23.0 Å². The first-order valence-corrected chi connectivity index (χ1v) is 7.42. The molecule has 0 bridgehead atoms. The van der Waals surface area contributed by atoms with Crippen LogP contribution in [0.5, 0.6) is 0 Å². The summed E-state index contributed by atoms with van der Waals surface area (Å²) in [5.74, 6) is -0.924. The highest BCUT2D eigenvalue weighted by Gasteiger charge is 2.34. The molecule has 5 heteroatoms. The Morgan fingerprint density at radius 1 is 1.39 bits per heavy atom. The maximum atomic E-state index is 11.3. The predicted octanol–water partition coefficient (Wildman–Crippen LogP) is 1.78. The summed E-state index contributed by atoms with van der Waals surface area (Å²) in [5.41, 5.74) is 1.16. The van der Waals surface area contributed by atoms with Crippen molar-refractivity contribution in [3.05, 3.63) is 16.8 Å². The van der Waals surface area contributed by atoms with E-state index in [1.165, 1.54) is 12.8 Å². The van der Waals surface area contributed by atoms with Gasteiger partial charge in [0.2, 0.25) is 0 Å². The average molecular weight is 266 g/mol. The molecule has 1 saturated heterocycles. The molecule has 2 atom stereocenters. The summed E-state index contributed by atoms with van der Waals surface area (Å²) in [4.78, 5) is 13.5. The third kappa shape index (κ3) is 2.67. The van der Waals surface area contributed by atoms with Gasteiger partial charge in [0.05, 0.1) is 5.92 Å². The van der Waals surface area contributed by atoms with E-state index in [0.717, 1.165) is 18.7 Å². The lowest BCUT2D eigenvalue weighted by molar-refractivity contribution is -0.142. The monoisotopic (exact) mass is 266 g/mol. The van der Waals surface area contributed by atoms with Crippen molar-refractivity contribution < 1.29 is 9.90 Å². The van der Waals surface area contributed by atoms with Crippen molar-refractivity contribution in [2.75, 3.05) is 18.0 Å². The lowest BCUT2D eigenvalue weighted by atomic mass is 9.94. The highest BCUT2D eigenvalue weighted by atomic mass is 32.1. The van der Waals surface area contributed by atoms with E-state index in [2.05, 4.69) is 21.7 Å². The highest BCUT2D eigenvalue weighted by molar-refractivity contribution is 7.08. The first kappa shape index (κ1) is 12.0. The minimum Gasteiger partial charge on any atom is -0.481 e. The Labute approximate surface area is 111 Å². The number of anilines is 1. The molecule has 1 saturated carbocycles. The minimum atomic E-state index is -0.669. The van der Waals surface area contributed by atoms with E-state index in [0.29, 0.717) is 18.6 Å². The Bertz CT molecular complexity index is 417. The van der Waals surface area contributed by atoms with Gasteiger partial charge in [-0.3, -0.25) is 4.79 Å². The van der Waals surface area contributed by atoms with Gasteiger partial charge in [0, 0.05) is 36.2 Å². The SMILES string of the molecule is O=C(O)C1CC(NC2CC2)CN(c2ccsc2)C1. The van der Waals surface area contributed by atoms with Crippen molar-refractivity contribution in [1.29, 1.82) is 0 Å². The third-order valence-electron chi connectivity index (χ3n) is 3.72. The van der Waals surface area contributed by atoms with Crippen LogP contribution in [0.2, 0.25) is 0 Å². The first-order valence-electron chi connectivity index (χ1n) is 6.48. The smallest absolute Gasteiger partial charge is 0.308 e. The van der Waals surface area contributed by atoms with Crippen LogP contribution in [0, 0.1) is 5.92 Å². The summed E-state index contributed by atoms with van der Waals surface area (Å²) in [7, 11) is 0. The topological polar surface area (TPSA) is 52.6 Å². The fraction of sp³-hybridized carbons (Fsp3) is 0.615. The molecule has 2 heterocycles. The second-order valence-electron chi connectivity index (χ2n) is 5.30. The lowest BCUT2D eigenvalue weighted by Crippen LogP contribution is -2.51. The maximum Gasteiger partial charge on any atom is 0.308 e. The second kappa shape index (κ2) is 4.90. The Morgan fingerprint density at radius 2 is 2.22 bits per heavy atom. The van der Waals surface area contributed by atoms with E-state index in [4.69, 9.17) is 0 Å². The number of hydrogen-bond acceptors (Lipinski definition) is 4. The third-order valence-corrected chi connectivity index (χ3v) is 4.39. The van der Waals surface area contributed by atoms with Gasteiger partial charge in [0.25, 0.3) is 0 Å². The molecule has 3 rings (SSSR count). The van der Waals surface area contributed by atoms with Crippen molar-refractivity contribution in [2.24, 2.45) is 5.92 Å². The molecule has 1 aromatic rings. The van der Waals surface area contributed by atoms with Crippen LogP contribution in [0.3, 0.4) is 0 Å². The fourth-order valence-electron chi connectivity index (χ4n) is 2.63. The molecular weight excluding hydrogens is 248 g/mol. The summed E-state index contributed by atoms with van der Waals surface area (Å²) in [6, 6.07) is 3.02. The quantitative estimate of drug-likeness (QED) is 0.872. The van der Waals surface area contributed by atoms with Gasteiger partial charge in [-0.1, -0.05) is 0 Å². The van der Waals surface area contributed by atoms with Gasteiger partial charge in [-0.2, -0.15) is 11.3 Å². The number of nitrogens with zero attached hydrogens (tertiary/aromatic N) is 1. The Balaban J connectivity index is 1.71. The molecule has 1 aliphatic heterocycles. The Kier molecular flexibility index (Phi) is 3.26. The number of piperidine rings is 1. The Hall–Kier alpha value is -1.07. The molecule has 2 fully saturated rings. The maximum absolute atomic E-state index is 11.3. The highest BCUT2D eigenvalue weighted by Crippen LogP contribution is 2.28. The molecule has 0 radical (unpaired) electrons. The van der Waals surface area contributed by atoms with Crippen LogP contribution >= 0.6 is 11.3 Å². The van der Waals surface area contributed by atoms with Crippen molar-refractivity contribution in [2.45, 2.75) is 31.3 Å². The molecule has 2 N–H and O–H groups in total. The van der Waals surface area contributed by atoms with Crippen LogP contribution in [-0.2, 0) is 4.79 Å². The van der Waals surface area contributed by atoms with Gasteiger partial charge in [0.1, 0.15) is 0 Å². The molecule has 1 aromatic heterocycles. The van der Waals surface area contributed by atoms with E-state index < -0.39 is 5.97 Å². The van der Waals surface area contributed by atoms with E-state index in [9.17, 15) is 9.90 Å². The first-order chi connectivity index (χ1) is 8.72. The fourth-order valence-corrected chi connectivity index (χ4v) is 3.29. The second-order valence-corrected chi connectivity index (χ2v) is 6.08. The number of carboxylic acid groups (broad SMARTS) is 1. The summed E-state index contributed by atoms with van der Waals surface area (Å²) < 4.78 is 0. The molecule has 0 amide bonds. The van der Waals surface area contributed by atoms with Crippen molar-refractivity contribution in [3.63, 3.8) is 0 Å². The van der Waals surface area contributed by atoms with Gasteiger partial charge in [-0.25, -0.2) is 0 Å². The molecular formula is C13H18N2O2S. The largest absolute Gasteiger partial charge is 0.481 e. The molecule has 18 heavy (non-hydrogen) atoms. The van der Waals surface area contributed by atoms with Gasteiger partial charge in [-0.05, 0) is 30.7 Å². The van der Waals surface area contributed by atoms with Gasteiger partial charge in [0.15, 0.2) is 0 Å². The number of nitrogens with one attached hydrogen (secondary N) is 1. The average Bonchev–Trinajstić information content (AvgIpc) is 2.99. The molecule has 2 aliphatic rings. The number of thiophene rings is 1. The number of aliphatic carboxylic acids is 1. The molecule has 98 valence electrons. The minimum absolute atomic E-state index is 0.255. The molecule has 0 spiro atoms. The molecule has 1 aliphatic carbocycles. The van der Waals surface area contributed by atoms with Crippen LogP contribution < -0.4 is 10.2 Å². The van der Waals surface area contributed by atoms with Gasteiger partial charge >= 0.3 is 5.97 Å². The zero-order valence-corrected chi connectivity index (χ0v) is 11.0. The van der Waals surface area contributed by atoms with E-state index in [-0.39, 0.29) is 5.92 Å². The van der Waals surface area contributed by atoms with Gasteiger partial charge in [-0.15, -0.1) is 0 Å². The van der Waals surface area contributed by atoms with Crippen LogP contribution in [-0.4, -0.2) is 36.2 Å². The van der Waals surface area contributed by atoms with Crippen LogP contribution in [0.25, 0.3) is 0 Å². The zero-order valence-electron chi connectivity index (χ0n) is 10.2. The van der Waals surface area contributed by atoms with Crippen LogP contribution in [0.15, 0.2) is 16.8 Å². The summed E-state index contributed by atoms with van der Waals surface area (Å²) in [5, 5.41) is 17.0. The molecule has 4 nitrogen and oxygen atoms in total. The number of hydrogen-bond donors (Lipinski definition) is 2. The lowest BCUT2D eigenvalue weighted by Gasteiger charge is -2.37. The number of carbonyl (C=O) groups is 1. The molecule has 0 aromatic carbocycles.